The first kappa shape index (κ1) is 22.1. The lowest BCUT2D eigenvalue weighted by atomic mass is 10.1. The van der Waals surface area contributed by atoms with Gasteiger partial charge in [-0.2, -0.15) is 0 Å². The number of carbonyl (C=O) groups excluding carboxylic acids is 2. The van der Waals surface area contributed by atoms with Gasteiger partial charge in [-0.1, -0.05) is 37.6 Å². The fourth-order valence-corrected chi connectivity index (χ4v) is 4.44. The number of hydrogen-bond donors (Lipinski definition) is 1. The van der Waals surface area contributed by atoms with Crippen molar-refractivity contribution in [2.75, 3.05) is 11.4 Å². The number of hydrogen-bond acceptors (Lipinski definition) is 3. The Kier molecular flexibility index (Phi) is 6.58. The number of nitrogens with zero attached hydrogens (tertiary/aromatic N) is 3. The smallest absolute Gasteiger partial charge is 0.240 e. The summed E-state index contributed by atoms with van der Waals surface area (Å²) in [5.74, 6) is 0.803. The monoisotopic (exact) mass is 432 g/mol. The first-order valence-electron chi connectivity index (χ1n) is 11.6. The summed E-state index contributed by atoms with van der Waals surface area (Å²) >= 11 is 0. The third-order valence-electron chi connectivity index (χ3n) is 5.99. The maximum Gasteiger partial charge on any atom is 0.240 e. The second-order valence-electron chi connectivity index (χ2n) is 8.94. The van der Waals surface area contributed by atoms with Crippen LogP contribution in [0.2, 0.25) is 0 Å². The number of unbranched alkanes of at least 4 members (excludes halogenated alkanes) is 1. The maximum atomic E-state index is 12.9. The molecule has 168 valence electrons. The molecule has 1 aliphatic rings. The Morgan fingerprint density at radius 1 is 1.16 bits per heavy atom. The first-order chi connectivity index (χ1) is 15.5. The van der Waals surface area contributed by atoms with Crippen molar-refractivity contribution in [1.82, 2.24) is 14.9 Å². The average Bonchev–Trinajstić information content (AvgIpc) is 3.33. The molecule has 6 heteroatoms. The molecule has 1 aromatic heterocycles. The van der Waals surface area contributed by atoms with Gasteiger partial charge in [-0.15, -0.1) is 0 Å². The molecular formula is C26H32N4O2. The molecule has 32 heavy (non-hydrogen) atoms. The topological polar surface area (TPSA) is 67.2 Å². The summed E-state index contributed by atoms with van der Waals surface area (Å²) in [6.07, 6.45) is 3.80. The highest BCUT2D eigenvalue weighted by molar-refractivity contribution is 5.96. The molecule has 4 rings (SSSR count). The molecular weight excluding hydrogens is 400 g/mol. The molecule has 1 fully saturated rings. The minimum absolute atomic E-state index is 0.0479. The Balaban J connectivity index is 1.59. The number of imidazole rings is 1. The molecule has 1 N–H and O–H groups in total. The van der Waals surface area contributed by atoms with E-state index >= 15 is 0 Å². The summed E-state index contributed by atoms with van der Waals surface area (Å²) < 4.78 is 1.97. The van der Waals surface area contributed by atoms with Crippen LogP contribution in [-0.4, -0.2) is 34.0 Å². The summed E-state index contributed by atoms with van der Waals surface area (Å²) in [6.45, 7) is 6.86. The van der Waals surface area contributed by atoms with E-state index in [-0.39, 0.29) is 30.3 Å². The lowest BCUT2D eigenvalue weighted by Crippen LogP contribution is -2.33. The molecule has 0 radical (unpaired) electrons. The van der Waals surface area contributed by atoms with E-state index in [1.165, 1.54) is 18.4 Å². The predicted molar refractivity (Wildman–Crippen MR) is 128 cm³/mol. The fraction of sp³-hybridized carbons (Fsp3) is 0.423. The Morgan fingerprint density at radius 2 is 1.91 bits per heavy atom. The highest BCUT2D eigenvalue weighted by Crippen LogP contribution is 2.33. The van der Waals surface area contributed by atoms with Gasteiger partial charge in [0.2, 0.25) is 11.8 Å². The van der Waals surface area contributed by atoms with Gasteiger partial charge in [0.25, 0.3) is 0 Å². The molecule has 0 bridgehead atoms. The number of nitrogens with one attached hydrogen (secondary N) is 1. The van der Waals surface area contributed by atoms with Gasteiger partial charge in [-0.3, -0.25) is 9.59 Å². The van der Waals surface area contributed by atoms with E-state index in [1.807, 2.05) is 59.7 Å². The van der Waals surface area contributed by atoms with Crippen molar-refractivity contribution < 1.29 is 9.59 Å². The lowest BCUT2D eigenvalue weighted by Gasteiger charge is -2.18. The average molecular weight is 433 g/mol. The summed E-state index contributed by atoms with van der Waals surface area (Å²) in [7, 11) is 0. The van der Waals surface area contributed by atoms with Crippen molar-refractivity contribution in [2.24, 2.45) is 0 Å². The van der Waals surface area contributed by atoms with E-state index in [1.54, 1.807) is 0 Å². The summed E-state index contributed by atoms with van der Waals surface area (Å²) in [6, 6.07) is 16.3. The van der Waals surface area contributed by atoms with Crippen LogP contribution < -0.4 is 10.2 Å². The van der Waals surface area contributed by atoms with Crippen LogP contribution in [0.3, 0.4) is 0 Å². The Morgan fingerprint density at radius 3 is 2.62 bits per heavy atom. The highest BCUT2D eigenvalue weighted by atomic mass is 16.2. The number of aryl methyl sites for hydroxylation is 1. The zero-order valence-electron chi connectivity index (χ0n) is 19.2. The van der Waals surface area contributed by atoms with Crippen molar-refractivity contribution in [2.45, 2.75) is 65.0 Å². The summed E-state index contributed by atoms with van der Waals surface area (Å²) in [4.78, 5) is 32.2. The lowest BCUT2D eigenvalue weighted by molar-refractivity contribution is -0.122. The molecule has 1 unspecified atom stereocenters. The number of benzene rings is 2. The molecule has 1 saturated heterocycles. The fourth-order valence-electron chi connectivity index (χ4n) is 4.44. The zero-order valence-corrected chi connectivity index (χ0v) is 19.2. The van der Waals surface area contributed by atoms with Crippen LogP contribution in [0.4, 0.5) is 5.69 Å². The van der Waals surface area contributed by atoms with E-state index in [4.69, 9.17) is 4.98 Å². The zero-order chi connectivity index (χ0) is 22.7. The van der Waals surface area contributed by atoms with E-state index in [0.717, 1.165) is 29.0 Å². The highest BCUT2D eigenvalue weighted by Gasteiger charge is 2.35. The van der Waals surface area contributed by atoms with Crippen molar-refractivity contribution in [3.8, 4) is 0 Å². The molecule has 0 spiro atoms. The maximum absolute atomic E-state index is 12.9. The van der Waals surface area contributed by atoms with Crippen LogP contribution in [0.5, 0.6) is 0 Å². The van der Waals surface area contributed by atoms with Gasteiger partial charge in [-0.25, -0.2) is 4.98 Å². The number of amides is 2. The van der Waals surface area contributed by atoms with Gasteiger partial charge in [-0.05, 0) is 56.5 Å². The molecule has 3 aromatic rings. The summed E-state index contributed by atoms with van der Waals surface area (Å²) in [5, 5.41) is 2.96. The van der Waals surface area contributed by atoms with Gasteiger partial charge in [0.05, 0.1) is 11.0 Å². The SMILES string of the molecule is CCCCc1ccc(N2CC(c3nc4ccccc4n3CC(=O)NC(C)C)CC2=O)cc1. The summed E-state index contributed by atoms with van der Waals surface area (Å²) in [5.41, 5.74) is 4.01. The second-order valence-corrected chi connectivity index (χ2v) is 8.94. The standard InChI is InChI=1S/C26H32N4O2/c1-4-5-8-19-11-13-21(14-12-19)29-16-20(15-25(29)32)26-28-22-9-6-7-10-23(22)30(26)17-24(31)27-18(2)3/h6-7,9-14,18,20H,4-5,8,15-17H2,1-3H3,(H,27,31). The second kappa shape index (κ2) is 9.55. The number of carbonyl (C=O) groups is 2. The molecule has 0 aliphatic carbocycles. The largest absolute Gasteiger partial charge is 0.352 e. The third-order valence-corrected chi connectivity index (χ3v) is 5.99. The van der Waals surface area contributed by atoms with Crippen molar-refractivity contribution >= 4 is 28.5 Å². The Labute approximate surface area is 189 Å². The predicted octanol–water partition coefficient (Wildman–Crippen LogP) is 4.42. The van der Waals surface area contributed by atoms with Crippen LogP contribution in [-0.2, 0) is 22.6 Å². The number of fused-ring (bicyclic) bond motifs is 1. The molecule has 0 saturated carbocycles. The van der Waals surface area contributed by atoms with Gasteiger partial charge >= 0.3 is 0 Å². The van der Waals surface area contributed by atoms with E-state index < -0.39 is 0 Å². The molecule has 2 amide bonds. The van der Waals surface area contributed by atoms with Crippen LogP contribution in [0.1, 0.15) is 57.3 Å². The molecule has 1 atom stereocenters. The van der Waals surface area contributed by atoms with Crippen molar-refractivity contribution in [3.63, 3.8) is 0 Å². The first-order valence-corrected chi connectivity index (χ1v) is 11.6. The van der Waals surface area contributed by atoms with E-state index in [0.29, 0.717) is 13.0 Å². The molecule has 1 aliphatic heterocycles. The van der Waals surface area contributed by atoms with E-state index in [9.17, 15) is 9.59 Å². The minimum atomic E-state index is -0.0542. The van der Waals surface area contributed by atoms with Crippen LogP contribution in [0.25, 0.3) is 11.0 Å². The quantitative estimate of drug-likeness (QED) is 0.573. The Hall–Kier alpha value is -3.15. The van der Waals surface area contributed by atoms with Gasteiger partial charge in [0.15, 0.2) is 0 Å². The van der Waals surface area contributed by atoms with Crippen LogP contribution >= 0.6 is 0 Å². The third kappa shape index (κ3) is 4.69. The van der Waals surface area contributed by atoms with Crippen LogP contribution in [0, 0.1) is 0 Å². The van der Waals surface area contributed by atoms with Gasteiger partial charge in [0.1, 0.15) is 12.4 Å². The molecule has 6 nitrogen and oxygen atoms in total. The number of aromatic nitrogens is 2. The van der Waals surface area contributed by atoms with Gasteiger partial charge in [0, 0.05) is 30.6 Å². The van der Waals surface area contributed by atoms with Gasteiger partial charge < -0.3 is 14.8 Å². The molecule has 2 aromatic carbocycles. The normalized spacial score (nSPS) is 16.3. The molecule has 2 heterocycles. The number of anilines is 1. The van der Waals surface area contributed by atoms with Crippen molar-refractivity contribution in [1.29, 1.82) is 0 Å². The number of rotatable bonds is 8. The van der Waals surface area contributed by atoms with Crippen molar-refractivity contribution in [3.05, 3.63) is 59.9 Å². The van der Waals surface area contributed by atoms with E-state index in [2.05, 4.69) is 24.4 Å². The van der Waals surface area contributed by atoms with Crippen LogP contribution in [0.15, 0.2) is 48.5 Å². The number of para-hydroxylation sites is 2. The minimum Gasteiger partial charge on any atom is -0.352 e. The Bertz CT molecular complexity index is 1100.